The summed E-state index contributed by atoms with van der Waals surface area (Å²) in [5.41, 5.74) is 0.123. The van der Waals surface area contributed by atoms with Gasteiger partial charge in [-0.1, -0.05) is 5.16 Å². The molecule has 1 saturated carbocycles. The van der Waals surface area contributed by atoms with E-state index in [-0.39, 0.29) is 12.2 Å². The van der Waals surface area contributed by atoms with Crippen LogP contribution >= 0.6 is 0 Å². The number of carboxylic acid groups (broad SMARTS) is 1. The molecule has 1 aromatic carbocycles. The SMILES string of the molecule is COc1ccc(C(=O)O)cc1OCc1noc(C2CC2)n1. The molecule has 2 aromatic rings. The molecule has 1 fully saturated rings. The van der Waals surface area contributed by atoms with Gasteiger partial charge in [0, 0.05) is 5.92 Å². The summed E-state index contributed by atoms with van der Waals surface area (Å²) >= 11 is 0. The molecule has 3 rings (SSSR count). The number of carbonyl (C=O) groups is 1. The Labute approximate surface area is 120 Å². The fourth-order valence-corrected chi connectivity index (χ4v) is 1.89. The van der Waals surface area contributed by atoms with Gasteiger partial charge in [0.2, 0.25) is 11.7 Å². The van der Waals surface area contributed by atoms with E-state index >= 15 is 0 Å². The third-order valence-electron chi connectivity index (χ3n) is 3.18. The fraction of sp³-hybridized carbons (Fsp3) is 0.357. The van der Waals surface area contributed by atoms with Crippen LogP contribution in [0.3, 0.4) is 0 Å². The predicted molar refractivity (Wildman–Crippen MR) is 70.6 cm³/mol. The minimum Gasteiger partial charge on any atom is -0.493 e. The van der Waals surface area contributed by atoms with Crippen molar-refractivity contribution < 1.29 is 23.9 Å². The fourth-order valence-electron chi connectivity index (χ4n) is 1.89. The van der Waals surface area contributed by atoms with Crippen LogP contribution in [0.25, 0.3) is 0 Å². The largest absolute Gasteiger partial charge is 0.493 e. The summed E-state index contributed by atoms with van der Waals surface area (Å²) in [5.74, 6) is 1.20. The van der Waals surface area contributed by atoms with Gasteiger partial charge < -0.3 is 19.1 Å². The van der Waals surface area contributed by atoms with E-state index in [2.05, 4.69) is 10.1 Å². The van der Waals surface area contributed by atoms with Crippen molar-refractivity contribution in [1.29, 1.82) is 0 Å². The maximum atomic E-state index is 11.0. The molecule has 7 nitrogen and oxygen atoms in total. The first-order chi connectivity index (χ1) is 10.2. The van der Waals surface area contributed by atoms with Crippen LogP contribution in [-0.4, -0.2) is 28.3 Å². The Bertz CT molecular complexity index is 663. The van der Waals surface area contributed by atoms with Crippen LogP contribution in [-0.2, 0) is 6.61 Å². The zero-order valence-corrected chi connectivity index (χ0v) is 11.4. The topological polar surface area (TPSA) is 94.7 Å². The summed E-state index contributed by atoms with van der Waals surface area (Å²) < 4.78 is 15.8. The minimum absolute atomic E-state index is 0.0929. The molecule has 7 heteroatoms. The lowest BCUT2D eigenvalue weighted by atomic mass is 10.2. The van der Waals surface area contributed by atoms with Gasteiger partial charge in [0.05, 0.1) is 12.7 Å². The average molecular weight is 290 g/mol. The maximum absolute atomic E-state index is 11.0. The lowest BCUT2D eigenvalue weighted by Gasteiger charge is -2.09. The summed E-state index contributed by atoms with van der Waals surface area (Å²) in [6.07, 6.45) is 2.16. The Morgan fingerprint density at radius 1 is 1.43 bits per heavy atom. The molecular weight excluding hydrogens is 276 g/mol. The molecule has 21 heavy (non-hydrogen) atoms. The van der Waals surface area contributed by atoms with E-state index in [1.807, 2.05) is 0 Å². The second-order valence-electron chi connectivity index (χ2n) is 4.78. The lowest BCUT2D eigenvalue weighted by Crippen LogP contribution is -2.02. The third kappa shape index (κ3) is 2.96. The number of rotatable bonds is 6. The molecule has 0 radical (unpaired) electrons. The van der Waals surface area contributed by atoms with Gasteiger partial charge in [-0.2, -0.15) is 4.98 Å². The van der Waals surface area contributed by atoms with Gasteiger partial charge in [-0.15, -0.1) is 0 Å². The number of carboxylic acids is 1. The van der Waals surface area contributed by atoms with Crippen LogP contribution in [0.2, 0.25) is 0 Å². The van der Waals surface area contributed by atoms with E-state index in [0.717, 1.165) is 12.8 Å². The lowest BCUT2D eigenvalue weighted by molar-refractivity contribution is 0.0696. The standard InChI is InChI=1S/C14H14N2O5/c1-19-10-5-4-9(14(17)18)6-11(10)20-7-12-15-13(21-16-12)8-2-3-8/h4-6,8H,2-3,7H2,1H3,(H,17,18). The summed E-state index contributed by atoms with van der Waals surface area (Å²) in [4.78, 5) is 15.2. The minimum atomic E-state index is -1.03. The van der Waals surface area contributed by atoms with Crippen molar-refractivity contribution in [1.82, 2.24) is 10.1 Å². The van der Waals surface area contributed by atoms with Gasteiger partial charge in [0.15, 0.2) is 18.1 Å². The second kappa shape index (κ2) is 5.43. The van der Waals surface area contributed by atoms with Crippen molar-refractivity contribution in [3.05, 3.63) is 35.5 Å². The van der Waals surface area contributed by atoms with Crippen molar-refractivity contribution in [2.45, 2.75) is 25.4 Å². The number of hydrogen-bond acceptors (Lipinski definition) is 6. The molecule has 0 unspecified atom stereocenters. The molecule has 1 N–H and O–H groups in total. The van der Waals surface area contributed by atoms with Crippen LogP contribution < -0.4 is 9.47 Å². The monoisotopic (exact) mass is 290 g/mol. The molecule has 1 aliphatic carbocycles. The van der Waals surface area contributed by atoms with E-state index in [1.54, 1.807) is 6.07 Å². The first-order valence-electron chi connectivity index (χ1n) is 6.54. The van der Waals surface area contributed by atoms with Gasteiger partial charge in [0.25, 0.3) is 0 Å². The number of ether oxygens (including phenoxy) is 2. The average Bonchev–Trinajstić information content (AvgIpc) is 3.23. The van der Waals surface area contributed by atoms with Crippen LogP contribution in [0.5, 0.6) is 11.5 Å². The normalized spacial score (nSPS) is 14.0. The number of aromatic nitrogens is 2. The molecule has 1 aromatic heterocycles. The molecule has 0 bridgehead atoms. The highest BCUT2D eigenvalue weighted by Crippen LogP contribution is 2.38. The van der Waals surface area contributed by atoms with Crippen molar-refractivity contribution in [2.24, 2.45) is 0 Å². The summed E-state index contributed by atoms with van der Waals surface area (Å²) in [6.45, 7) is 0.0929. The summed E-state index contributed by atoms with van der Waals surface area (Å²) in [7, 11) is 1.49. The van der Waals surface area contributed by atoms with Gasteiger partial charge in [-0.25, -0.2) is 4.79 Å². The Morgan fingerprint density at radius 3 is 2.90 bits per heavy atom. The maximum Gasteiger partial charge on any atom is 0.335 e. The van der Waals surface area contributed by atoms with Crippen LogP contribution in [0.1, 0.15) is 40.8 Å². The zero-order valence-electron chi connectivity index (χ0n) is 11.4. The molecule has 1 aliphatic rings. The number of benzene rings is 1. The molecule has 0 amide bonds. The summed E-state index contributed by atoms with van der Waals surface area (Å²) in [6, 6.07) is 4.40. The Balaban J connectivity index is 1.73. The second-order valence-corrected chi connectivity index (χ2v) is 4.78. The third-order valence-corrected chi connectivity index (χ3v) is 3.18. The molecule has 0 atom stereocenters. The molecule has 1 heterocycles. The smallest absolute Gasteiger partial charge is 0.335 e. The highest BCUT2D eigenvalue weighted by molar-refractivity contribution is 5.88. The quantitative estimate of drug-likeness (QED) is 0.871. The molecular formula is C14H14N2O5. The molecule has 0 aliphatic heterocycles. The van der Waals surface area contributed by atoms with Crippen LogP contribution in [0, 0.1) is 0 Å². The van der Waals surface area contributed by atoms with Crippen LogP contribution in [0.15, 0.2) is 22.7 Å². The first kappa shape index (κ1) is 13.4. The Kier molecular flexibility index (Phi) is 3.47. The van der Waals surface area contributed by atoms with E-state index in [4.69, 9.17) is 19.1 Å². The number of aromatic carboxylic acids is 1. The highest BCUT2D eigenvalue weighted by atomic mass is 16.5. The first-order valence-corrected chi connectivity index (χ1v) is 6.54. The van der Waals surface area contributed by atoms with Crippen molar-refractivity contribution >= 4 is 5.97 Å². The number of hydrogen-bond donors (Lipinski definition) is 1. The number of nitrogens with zero attached hydrogens (tertiary/aromatic N) is 2. The molecule has 0 saturated heterocycles. The van der Waals surface area contributed by atoms with Gasteiger partial charge in [0.1, 0.15) is 0 Å². The zero-order chi connectivity index (χ0) is 14.8. The van der Waals surface area contributed by atoms with Gasteiger partial charge in [-0.3, -0.25) is 0 Å². The van der Waals surface area contributed by atoms with Gasteiger partial charge in [-0.05, 0) is 31.0 Å². The predicted octanol–water partition coefficient (Wildman–Crippen LogP) is 2.23. The van der Waals surface area contributed by atoms with Crippen molar-refractivity contribution in [2.75, 3.05) is 7.11 Å². The van der Waals surface area contributed by atoms with Crippen molar-refractivity contribution in [3.63, 3.8) is 0 Å². The highest BCUT2D eigenvalue weighted by Gasteiger charge is 2.29. The Morgan fingerprint density at radius 2 is 2.24 bits per heavy atom. The molecule has 110 valence electrons. The number of methoxy groups -OCH3 is 1. The van der Waals surface area contributed by atoms with Crippen molar-refractivity contribution in [3.8, 4) is 11.5 Å². The van der Waals surface area contributed by atoms with E-state index < -0.39 is 5.97 Å². The summed E-state index contributed by atoms with van der Waals surface area (Å²) in [5, 5.41) is 12.8. The van der Waals surface area contributed by atoms with E-state index in [9.17, 15) is 4.79 Å². The molecule has 0 spiro atoms. The van der Waals surface area contributed by atoms with E-state index in [1.165, 1.54) is 19.2 Å². The van der Waals surface area contributed by atoms with Crippen LogP contribution in [0.4, 0.5) is 0 Å². The van der Waals surface area contributed by atoms with E-state index in [0.29, 0.717) is 29.1 Å². The van der Waals surface area contributed by atoms with Gasteiger partial charge >= 0.3 is 5.97 Å². The Hall–Kier alpha value is -2.57.